The standard InChI is InChI=1S/C19H28FN3O2.HI/c1-2-21-19(22-10-9-15-5-7-16(20)8-6-15)23-11-13-25-18(14-23)17-4-3-12-24-17;/h5-8,17-18H,2-4,9-14H2,1H3,(H,21,22);1H. The van der Waals surface area contributed by atoms with E-state index in [1.807, 2.05) is 12.1 Å². The monoisotopic (exact) mass is 477 g/mol. The lowest BCUT2D eigenvalue weighted by molar-refractivity contribution is -0.0817. The Balaban J connectivity index is 0.00000243. The molecular weight excluding hydrogens is 448 g/mol. The van der Waals surface area contributed by atoms with Crippen molar-refractivity contribution in [2.24, 2.45) is 4.99 Å². The van der Waals surface area contributed by atoms with E-state index in [2.05, 4.69) is 17.1 Å². The van der Waals surface area contributed by atoms with Gasteiger partial charge in [0.1, 0.15) is 11.9 Å². The molecule has 26 heavy (non-hydrogen) atoms. The van der Waals surface area contributed by atoms with Crippen LogP contribution in [-0.4, -0.2) is 62.5 Å². The number of ether oxygens (including phenoxy) is 2. The molecule has 146 valence electrons. The van der Waals surface area contributed by atoms with Crippen molar-refractivity contribution in [3.8, 4) is 0 Å². The van der Waals surface area contributed by atoms with E-state index in [1.165, 1.54) is 12.1 Å². The first-order valence-electron chi connectivity index (χ1n) is 9.27. The summed E-state index contributed by atoms with van der Waals surface area (Å²) < 4.78 is 24.7. The predicted molar refractivity (Wildman–Crippen MR) is 112 cm³/mol. The smallest absolute Gasteiger partial charge is 0.194 e. The van der Waals surface area contributed by atoms with Crippen LogP contribution in [0, 0.1) is 5.82 Å². The van der Waals surface area contributed by atoms with E-state index in [4.69, 9.17) is 14.5 Å². The quantitative estimate of drug-likeness (QED) is 0.403. The maximum absolute atomic E-state index is 13.0. The van der Waals surface area contributed by atoms with E-state index in [0.717, 1.165) is 57.0 Å². The minimum atomic E-state index is -0.200. The number of morpholine rings is 1. The second kappa shape index (κ2) is 11.0. The molecule has 1 aromatic carbocycles. The van der Waals surface area contributed by atoms with E-state index >= 15 is 0 Å². The zero-order valence-corrected chi connectivity index (χ0v) is 17.7. The predicted octanol–water partition coefficient (Wildman–Crippen LogP) is 2.83. The fraction of sp³-hybridized carbons (Fsp3) is 0.632. The van der Waals surface area contributed by atoms with Crippen LogP contribution in [0.25, 0.3) is 0 Å². The fourth-order valence-corrected chi connectivity index (χ4v) is 3.36. The number of benzene rings is 1. The number of halogens is 2. The summed E-state index contributed by atoms with van der Waals surface area (Å²) in [6, 6.07) is 6.64. The highest BCUT2D eigenvalue weighted by atomic mass is 127. The minimum absolute atomic E-state index is 0. The van der Waals surface area contributed by atoms with Crippen LogP contribution in [0.4, 0.5) is 4.39 Å². The van der Waals surface area contributed by atoms with Gasteiger partial charge in [-0.1, -0.05) is 12.1 Å². The molecule has 2 unspecified atom stereocenters. The molecule has 5 nitrogen and oxygen atoms in total. The molecule has 0 amide bonds. The van der Waals surface area contributed by atoms with E-state index in [1.54, 1.807) is 0 Å². The highest BCUT2D eigenvalue weighted by molar-refractivity contribution is 14.0. The van der Waals surface area contributed by atoms with Gasteiger partial charge in [0, 0.05) is 32.8 Å². The van der Waals surface area contributed by atoms with Crippen LogP contribution < -0.4 is 5.32 Å². The summed E-state index contributed by atoms with van der Waals surface area (Å²) in [5.74, 6) is 0.727. The van der Waals surface area contributed by atoms with Crippen LogP contribution in [0.1, 0.15) is 25.3 Å². The number of rotatable bonds is 5. The number of nitrogens with one attached hydrogen (secondary N) is 1. The number of aliphatic imine (C=N–C) groups is 1. The summed E-state index contributed by atoms with van der Waals surface area (Å²) in [5, 5.41) is 3.38. The third kappa shape index (κ3) is 6.06. The van der Waals surface area contributed by atoms with Crippen LogP contribution in [0.3, 0.4) is 0 Å². The summed E-state index contributed by atoms with van der Waals surface area (Å²) in [4.78, 5) is 7.03. The highest BCUT2D eigenvalue weighted by Crippen LogP contribution is 2.21. The maximum atomic E-state index is 13.0. The molecule has 3 rings (SSSR count). The first-order chi connectivity index (χ1) is 12.3. The first-order valence-corrected chi connectivity index (χ1v) is 9.27. The van der Waals surface area contributed by atoms with Crippen molar-refractivity contribution in [2.75, 3.05) is 39.4 Å². The lowest BCUT2D eigenvalue weighted by atomic mass is 10.1. The molecule has 2 aliphatic rings. The average molecular weight is 477 g/mol. The summed E-state index contributed by atoms with van der Waals surface area (Å²) in [7, 11) is 0. The molecule has 0 bridgehead atoms. The molecule has 0 radical (unpaired) electrons. The van der Waals surface area contributed by atoms with Gasteiger partial charge in [-0.2, -0.15) is 0 Å². The van der Waals surface area contributed by atoms with E-state index in [0.29, 0.717) is 13.2 Å². The Labute approximate surface area is 172 Å². The van der Waals surface area contributed by atoms with Gasteiger partial charge < -0.3 is 19.7 Å². The number of hydrogen-bond donors (Lipinski definition) is 1. The third-order valence-electron chi connectivity index (χ3n) is 4.68. The van der Waals surface area contributed by atoms with Crippen molar-refractivity contribution in [1.82, 2.24) is 10.2 Å². The van der Waals surface area contributed by atoms with Gasteiger partial charge >= 0.3 is 0 Å². The molecule has 0 aromatic heterocycles. The van der Waals surface area contributed by atoms with Gasteiger partial charge in [-0.05, 0) is 43.9 Å². The van der Waals surface area contributed by atoms with Crippen molar-refractivity contribution in [2.45, 2.75) is 38.4 Å². The van der Waals surface area contributed by atoms with Gasteiger partial charge in [-0.15, -0.1) is 24.0 Å². The molecule has 0 aliphatic carbocycles. The molecule has 2 atom stereocenters. The van der Waals surface area contributed by atoms with E-state index in [-0.39, 0.29) is 42.0 Å². The molecule has 1 aromatic rings. The molecule has 0 spiro atoms. The van der Waals surface area contributed by atoms with Crippen molar-refractivity contribution in [3.05, 3.63) is 35.6 Å². The zero-order chi connectivity index (χ0) is 17.5. The normalized spacial score (nSPS) is 23.6. The van der Waals surface area contributed by atoms with Crippen LogP contribution in [-0.2, 0) is 15.9 Å². The van der Waals surface area contributed by atoms with Gasteiger partial charge in [0.2, 0.25) is 0 Å². The first kappa shape index (κ1) is 21.4. The van der Waals surface area contributed by atoms with Crippen molar-refractivity contribution in [3.63, 3.8) is 0 Å². The largest absolute Gasteiger partial charge is 0.375 e. The minimum Gasteiger partial charge on any atom is -0.375 e. The zero-order valence-electron chi connectivity index (χ0n) is 15.3. The molecule has 7 heteroatoms. The molecule has 2 saturated heterocycles. The van der Waals surface area contributed by atoms with E-state index < -0.39 is 0 Å². The molecule has 0 saturated carbocycles. The Kier molecular flexibility index (Phi) is 9.07. The van der Waals surface area contributed by atoms with Crippen LogP contribution in [0.5, 0.6) is 0 Å². The van der Waals surface area contributed by atoms with Gasteiger partial charge in [0.25, 0.3) is 0 Å². The van der Waals surface area contributed by atoms with Crippen LogP contribution in [0.15, 0.2) is 29.3 Å². The lowest BCUT2D eigenvalue weighted by Gasteiger charge is -2.37. The Hall–Kier alpha value is -0.930. The molecule has 2 heterocycles. The lowest BCUT2D eigenvalue weighted by Crippen LogP contribution is -2.53. The number of hydrogen-bond acceptors (Lipinski definition) is 3. The second-order valence-corrected chi connectivity index (χ2v) is 6.52. The number of nitrogens with zero attached hydrogens (tertiary/aromatic N) is 2. The molecule has 2 fully saturated rings. The van der Waals surface area contributed by atoms with Gasteiger partial charge in [0.05, 0.1) is 12.7 Å². The Morgan fingerprint density at radius 1 is 1.23 bits per heavy atom. The third-order valence-corrected chi connectivity index (χ3v) is 4.68. The Morgan fingerprint density at radius 3 is 2.69 bits per heavy atom. The summed E-state index contributed by atoms with van der Waals surface area (Å²) >= 11 is 0. The topological polar surface area (TPSA) is 46.1 Å². The Bertz CT molecular complexity index is 564. The van der Waals surface area contributed by atoms with Crippen molar-refractivity contribution >= 4 is 29.9 Å². The average Bonchev–Trinajstić information content (AvgIpc) is 3.17. The van der Waals surface area contributed by atoms with Crippen molar-refractivity contribution in [1.29, 1.82) is 0 Å². The van der Waals surface area contributed by atoms with Gasteiger partial charge in [0.15, 0.2) is 5.96 Å². The van der Waals surface area contributed by atoms with Crippen LogP contribution >= 0.6 is 24.0 Å². The van der Waals surface area contributed by atoms with Gasteiger partial charge in [-0.25, -0.2) is 4.39 Å². The van der Waals surface area contributed by atoms with E-state index in [9.17, 15) is 4.39 Å². The molecular formula is C19H29FIN3O2. The second-order valence-electron chi connectivity index (χ2n) is 6.52. The summed E-state index contributed by atoms with van der Waals surface area (Å²) in [5.41, 5.74) is 1.10. The van der Waals surface area contributed by atoms with Crippen LogP contribution in [0.2, 0.25) is 0 Å². The SMILES string of the molecule is CCNC(=NCCc1ccc(F)cc1)N1CCOC(C2CCCO2)C1.I. The maximum Gasteiger partial charge on any atom is 0.194 e. The summed E-state index contributed by atoms with van der Waals surface area (Å²) in [6.45, 7) is 6.78. The highest BCUT2D eigenvalue weighted by Gasteiger charge is 2.32. The molecule has 1 N–H and O–H groups in total. The fourth-order valence-electron chi connectivity index (χ4n) is 3.36. The molecule has 2 aliphatic heterocycles. The number of guanidine groups is 1. The summed E-state index contributed by atoms with van der Waals surface area (Å²) in [6.07, 6.45) is 3.34. The Morgan fingerprint density at radius 2 is 2.00 bits per heavy atom. The van der Waals surface area contributed by atoms with Crippen molar-refractivity contribution < 1.29 is 13.9 Å². The van der Waals surface area contributed by atoms with Gasteiger partial charge in [-0.3, -0.25) is 4.99 Å².